The van der Waals surface area contributed by atoms with Crippen molar-refractivity contribution < 1.29 is 9.90 Å². The van der Waals surface area contributed by atoms with Crippen LogP contribution in [0.1, 0.15) is 38.1 Å². The molecule has 0 atom stereocenters. The minimum absolute atomic E-state index is 0.0506. The highest BCUT2D eigenvalue weighted by atomic mass is 32.1. The summed E-state index contributed by atoms with van der Waals surface area (Å²) < 4.78 is 0.935. The average Bonchev–Trinajstić information content (AvgIpc) is 3.92. The molecule has 1 amide bonds. The molecule has 0 unspecified atom stereocenters. The van der Waals surface area contributed by atoms with E-state index < -0.39 is 5.91 Å². The molecule has 0 fully saturated rings. The molecule has 1 heterocycles. The first-order valence-electron chi connectivity index (χ1n) is 24.9. The summed E-state index contributed by atoms with van der Waals surface area (Å²) in [5.41, 5.74) is 9.62. The summed E-state index contributed by atoms with van der Waals surface area (Å²) in [5, 5.41) is 68.7. The van der Waals surface area contributed by atoms with Gasteiger partial charge < -0.3 is 10.0 Å². The Balaban J connectivity index is 0.847. The maximum Gasteiger partial charge on any atom is 0.261 e. The van der Waals surface area contributed by atoms with Crippen molar-refractivity contribution in [2.45, 2.75) is 39.8 Å². The molecule has 0 spiro atoms. The number of hydrogen-bond acceptors (Lipinski definition) is 17. The summed E-state index contributed by atoms with van der Waals surface area (Å²) in [4.78, 5) is 20.1. The lowest BCUT2D eigenvalue weighted by molar-refractivity contribution is 0.102. The lowest BCUT2D eigenvalue weighted by atomic mass is 10.0. The van der Waals surface area contributed by atoms with E-state index in [0.29, 0.717) is 55.7 Å². The van der Waals surface area contributed by atoms with Crippen LogP contribution in [0, 0.1) is 0 Å². The molecule has 0 saturated carbocycles. The predicted octanol–water partition coefficient (Wildman–Crippen LogP) is 20.5. The zero-order chi connectivity index (χ0) is 53.8. The maximum absolute atomic E-state index is 13.5. The Morgan fingerprint density at radius 2 is 0.821 bits per heavy atom. The summed E-state index contributed by atoms with van der Waals surface area (Å²) in [6, 6.07) is 62.2. The van der Waals surface area contributed by atoms with Gasteiger partial charge in [-0.1, -0.05) is 47.7 Å². The zero-order valence-corrected chi connectivity index (χ0v) is 43.5. The number of rotatable bonds is 17. The van der Waals surface area contributed by atoms with E-state index in [-0.39, 0.29) is 29.1 Å². The van der Waals surface area contributed by atoms with Gasteiger partial charge in [0.15, 0.2) is 10.9 Å². The summed E-state index contributed by atoms with van der Waals surface area (Å²) in [6.07, 6.45) is 0. The van der Waals surface area contributed by atoms with Gasteiger partial charge in [-0.25, -0.2) is 4.98 Å². The fourth-order valence-corrected chi connectivity index (χ4v) is 8.57. The van der Waals surface area contributed by atoms with Gasteiger partial charge in [0.2, 0.25) is 0 Å². The van der Waals surface area contributed by atoms with Crippen molar-refractivity contribution in [3.8, 4) is 5.75 Å². The molecule has 0 saturated heterocycles. The molecule has 382 valence electrons. The number of hydrogen-bond donors (Lipinski definition) is 2. The van der Waals surface area contributed by atoms with Crippen LogP contribution in [0.5, 0.6) is 5.75 Å². The minimum atomic E-state index is -0.513. The molecule has 78 heavy (non-hydrogen) atoms. The Labute approximate surface area is 453 Å². The van der Waals surface area contributed by atoms with Crippen molar-refractivity contribution in [2.75, 3.05) is 10.2 Å². The number of nitrogens with zero attached hydrogens (tertiary/aromatic N) is 14. The van der Waals surface area contributed by atoms with Gasteiger partial charge >= 0.3 is 0 Å². The Kier molecular flexibility index (Phi) is 15.8. The minimum Gasteiger partial charge on any atom is -0.505 e. The van der Waals surface area contributed by atoms with Gasteiger partial charge in [-0.05, 0) is 197 Å². The van der Waals surface area contributed by atoms with E-state index >= 15 is 0 Å². The van der Waals surface area contributed by atoms with Crippen LogP contribution in [0.15, 0.2) is 262 Å². The summed E-state index contributed by atoms with van der Waals surface area (Å²) >= 11 is 1.35. The van der Waals surface area contributed by atoms with Crippen molar-refractivity contribution in [3.63, 3.8) is 0 Å². The molecule has 17 nitrogen and oxygen atoms in total. The second-order valence-electron chi connectivity index (χ2n) is 18.1. The molecular weight excluding hydrogens is 995 g/mol. The fraction of sp³-hybridized carbons (Fsp3) is 0.100. The molecule has 0 radical (unpaired) electrons. The van der Waals surface area contributed by atoms with Crippen molar-refractivity contribution in [1.29, 1.82) is 0 Å². The van der Waals surface area contributed by atoms with Crippen molar-refractivity contribution in [2.24, 2.45) is 61.4 Å². The van der Waals surface area contributed by atoms with E-state index in [0.717, 1.165) is 38.7 Å². The van der Waals surface area contributed by atoms with Gasteiger partial charge in [0.25, 0.3) is 5.91 Å². The van der Waals surface area contributed by atoms with E-state index in [9.17, 15) is 9.90 Å². The van der Waals surface area contributed by atoms with E-state index in [2.05, 4.69) is 76.6 Å². The number of carbonyl (C=O) groups is 1. The van der Waals surface area contributed by atoms with Gasteiger partial charge in [0, 0.05) is 22.4 Å². The SMILES string of the molecule is CC(C)N=Nc1ccc(N=Nc2ccc(N(c3ccc(N=Nc4ccc(N=Nc5c(O)c(C(=O)Nc6nc7ccccc7s6)cc6ccccc56)cc4)cc3)c3ccc(N=Nc4ccc(N=NC(C)C)cc4)cc3)cc2)cc1. The van der Waals surface area contributed by atoms with Crippen molar-refractivity contribution in [3.05, 3.63) is 206 Å². The second kappa shape index (κ2) is 24.0. The molecule has 10 aromatic rings. The molecule has 9 aromatic carbocycles. The molecule has 0 bridgehead atoms. The molecule has 0 aliphatic heterocycles. The Morgan fingerprint density at radius 1 is 0.462 bits per heavy atom. The molecule has 10 rings (SSSR count). The number of aromatic nitrogens is 1. The van der Waals surface area contributed by atoms with Crippen LogP contribution in [0.4, 0.5) is 79.1 Å². The van der Waals surface area contributed by atoms with Gasteiger partial charge in [-0.3, -0.25) is 10.1 Å². The topological polar surface area (TPSA) is 214 Å². The standard InChI is InChI=1S/C60H49N15O2S/c1-38(2)63-65-41-13-17-43(18-14-41)67-70-47-25-31-50(32-26-47)75(51-33-27-48(28-34-51)71-68-44-19-15-42(16-20-44)66-64-39(3)4)52-35-29-49(30-36-52)72-69-45-21-23-46(24-22-45)73-74-57-53-10-6-5-9-40(53)37-54(58(57)76)59(77)62-60-61-55-11-7-8-12-56(55)78-60/h5-39,76H,1-4H3,(H,61,62,77). The first kappa shape index (κ1) is 51.3. The van der Waals surface area contributed by atoms with E-state index in [1.54, 1.807) is 30.3 Å². The first-order valence-corrected chi connectivity index (χ1v) is 25.7. The number of para-hydroxylation sites is 1. The summed E-state index contributed by atoms with van der Waals surface area (Å²) in [7, 11) is 0. The van der Waals surface area contributed by atoms with E-state index in [4.69, 9.17) is 0 Å². The van der Waals surface area contributed by atoms with Crippen LogP contribution < -0.4 is 10.2 Å². The lowest BCUT2D eigenvalue weighted by Crippen LogP contribution is -2.12. The zero-order valence-electron chi connectivity index (χ0n) is 42.7. The number of carbonyl (C=O) groups excluding carboxylic acids is 1. The molecular formula is C60H49N15O2S. The smallest absolute Gasteiger partial charge is 0.261 e. The highest BCUT2D eigenvalue weighted by Crippen LogP contribution is 2.41. The third-order valence-electron chi connectivity index (χ3n) is 11.5. The lowest BCUT2D eigenvalue weighted by Gasteiger charge is -2.25. The van der Waals surface area contributed by atoms with Gasteiger partial charge in [0.05, 0.1) is 79.1 Å². The largest absolute Gasteiger partial charge is 0.505 e. The predicted molar refractivity (Wildman–Crippen MR) is 310 cm³/mol. The summed E-state index contributed by atoms with van der Waals surface area (Å²) in [5.74, 6) is -0.807. The van der Waals surface area contributed by atoms with Crippen LogP contribution in [-0.2, 0) is 0 Å². The monoisotopic (exact) mass is 1040 g/mol. The van der Waals surface area contributed by atoms with Gasteiger partial charge in [0.1, 0.15) is 5.69 Å². The Morgan fingerprint density at radius 3 is 1.23 bits per heavy atom. The van der Waals surface area contributed by atoms with Crippen LogP contribution in [0.25, 0.3) is 21.0 Å². The Hall–Kier alpha value is -10.2. The van der Waals surface area contributed by atoms with Crippen molar-refractivity contribution >= 4 is 117 Å². The third-order valence-corrected chi connectivity index (χ3v) is 12.5. The van der Waals surface area contributed by atoms with E-state index in [1.807, 2.05) is 198 Å². The molecule has 0 aliphatic carbocycles. The number of phenols is 1. The second-order valence-corrected chi connectivity index (χ2v) is 19.2. The number of fused-ring (bicyclic) bond motifs is 2. The number of azo groups is 6. The summed E-state index contributed by atoms with van der Waals surface area (Å²) in [6.45, 7) is 7.92. The first-order chi connectivity index (χ1) is 38.1. The van der Waals surface area contributed by atoms with Crippen LogP contribution >= 0.6 is 11.3 Å². The number of aromatic hydroxyl groups is 1. The number of thiazole rings is 1. The highest BCUT2D eigenvalue weighted by Gasteiger charge is 2.20. The number of amides is 1. The number of benzene rings is 9. The number of phenolic OH excluding ortho intramolecular Hbond substituents is 1. The maximum atomic E-state index is 13.5. The normalized spacial score (nSPS) is 12.1. The highest BCUT2D eigenvalue weighted by molar-refractivity contribution is 7.22. The number of nitrogens with one attached hydrogen (secondary N) is 1. The molecule has 0 aliphatic rings. The Bertz CT molecular complexity index is 3750. The van der Waals surface area contributed by atoms with Crippen LogP contribution in [0.3, 0.4) is 0 Å². The van der Waals surface area contributed by atoms with Crippen LogP contribution in [-0.4, -0.2) is 28.1 Å². The van der Waals surface area contributed by atoms with Crippen LogP contribution in [0.2, 0.25) is 0 Å². The van der Waals surface area contributed by atoms with E-state index in [1.165, 1.54) is 11.3 Å². The quantitative estimate of drug-likeness (QED) is 0.0851. The van der Waals surface area contributed by atoms with Crippen molar-refractivity contribution in [1.82, 2.24) is 4.98 Å². The third kappa shape index (κ3) is 13.0. The fourth-order valence-electron chi connectivity index (χ4n) is 7.71. The van der Waals surface area contributed by atoms with Gasteiger partial charge in [-0.15, -0.1) is 5.11 Å². The molecule has 2 N–H and O–H groups in total. The average molecular weight is 1040 g/mol. The number of anilines is 4. The molecule has 1 aromatic heterocycles. The molecule has 18 heteroatoms. The van der Waals surface area contributed by atoms with Gasteiger partial charge in [-0.2, -0.15) is 56.3 Å².